The number of hydrogen-bond acceptors (Lipinski definition) is 7. The van der Waals surface area contributed by atoms with E-state index in [4.69, 9.17) is 14.6 Å². The van der Waals surface area contributed by atoms with Crippen molar-refractivity contribution < 1.29 is 52.3 Å². The topological polar surface area (TPSA) is 130 Å². The average molecular weight is 713 g/mol. The number of carboxylic acids is 1. The van der Waals surface area contributed by atoms with E-state index >= 15 is 0 Å². The molecule has 2 aliphatic rings. The highest BCUT2D eigenvalue weighted by molar-refractivity contribution is 5.90. The van der Waals surface area contributed by atoms with Gasteiger partial charge in [-0.1, -0.05) is 48.5 Å². The first-order valence-electron chi connectivity index (χ1n) is 16.4. The standard InChI is InChI=1S/C24H18F2O4.C10H12O2.C7H5FO2/c25-19-9-5-15(6-10-19)23(27)29-21-13-17-3-1-2-4-18(17)14-22(21)30-24(28)16-7-11-20(26)12-8-16;11-9-5-7-3-1-2-4-8(7)6-10(9)12;8-6-3-1-5(2-4-6)7(9)10/h1-12,21-22H,13-14H2;1-4,9-12H,5-6H2;1-4H,(H,9,10)/t21-,22+;9-,10+;. The Hall–Kier alpha value is -5.78. The molecule has 0 heterocycles. The Morgan fingerprint density at radius 2 is 0.750 bits per heavy atom. The molecule has 268 valence electrons. The summed E-state index contributed by atoms with van der Waals surface area (Å²) in [5, 5.41) is 27.1. The lowest BCUT2D eigenvalue weighted by Crippen LogP contribution is -2.41. The summed E-state index contributed by atoms with van der Waals surface area (Å²) in [5.74, 6) is -3.62. The average Bonchev–Trinajstić information content (AvgIpc) is 3.13. The van der Waals surface area contributed by atoms with Gasteiger partial charge in [0.25, 0.3) is 0 Å². The molecule has 5 aromatic carbocycles. The third kappa shape index (κ3) is 10.1. The predicted molar refractivity (Wildman–Crippen MR) is 184 cm³/mol. The zero-order valence-electron chi connectivity index (χ0n) is 27.7. The van der Waals surface area contributed by atoms with Crippen LogP contribution in [0.4, 0.5) is 13.2 Å². The normalized spacial score (nSPS) is 18.5. The van der Waals surface area contributed by atoms with Crippen LogP contribution in [-0.2, 0) is 35.2 Å². The number of ether oxygens (including phenoxy) is 2. The van der Waals surface area contributed by atoms with E-state index in [1.807, 2.05) is 48.5 Å². The Bertz CT molecular complexity index is 1870. The van der Waals surface area contributed by atoms with Crippen LogP contribution >= 0.6 is 0 Å². The minimum atomic E-state index is -1.04. The van der Waals surface area contributed by atoms with E-state index in [1.165, 1.54) is 60.7 Å². The number of carbonyl (C=O) groups is 3. The van der Waals surface area contributed by atoms with Crippen LogP contribution in [0.15, 0.2) is 121 Å². The highest BCUT2D eigenvalue weighted by atomic mass is 19.1. The van der Waals surface area contributed by atoms with Crippen molar-refractivity contribution >= 4 is 17.9 Å². The molecule has 0 amide bonds. The van der Waals surface area contributed by atoms with E-state index in [-0.39, 0.29) is 16.7 Å². The zero-order valence-corrected chi connectivity index (χ0v) is 27.7. The molecule has 0 saturated carbocycles. The van der Waals surface area contributed by atoms with Gasteiger partial charge in [-0.15, -0.1) is 0 Å². The molecule has 0 aromatic heterocycles. The fourth-order valence-corrected chi connectivity index (χ4v) is 5.74. The molecular weight excluding hydrogens is 677 g/mol. The Morgan fingerprint density at radius 1 is 0.462 bits per heavy atom. The minimum Gasteiger partial charge on any atom is -0.478 e. The number of carboxylic acid groups (broad SMARTS) is 1. The second-order valence-electron chi connectivity index (χ2n) is 12.2. The van der Waals surface area contributed by atoms with Crippen molar-refractivity contribution in [3.05, 3.63) is 178 Å². The van der Waals surface area contributed by atoms with Crippen molar-refractivity contribution in [1.29, 1.82) is 0 Å². The molecule has 52 heavy (non-hydrogen) atoms. The lowest BCUT2D eigenvalue weighted by Gasteiger charge is -2.32. The van der Waals surface area contributed by atoms with Crippen molar-refractivity contribution in [3.8, 4) is 0 Å². The van der Waals surface area contributed by atoms with E-state index in [2.05, 4.69) is 0 Å². The Kier molecular flexibility index (Phi) is 12.6. The van der Waals surface area contributed by atoms with E-state index in [0.29, 0.717) is 25.7 Å². The molecule has 7 rings (SSSR count). The van der Waals surface area contributed by atoms with Crippen molar-refractivity contribution in [2.45, 2.75) is 50.1 Å². The van der Waals surface area contributed by atoms with E-state index in [0.717, 1.165) is 34.4 Å². The van der Waals surface area contributed by atoms with Gasteiger partial charge in [0, 0.05) is 25.7 Å². The largest absolute Gasteiger partial charge is 0.478 e. The fraction of sp³-hybridized carbons (Fsp3) is 0.195. The molecule has 0 bridgehead atoms. The van der Waals surface area contributed by atoms with Crippen LogP contribution in [0, 0.1) is 17.5 Å². The fourth-order valence-electron chi connectivity index (χ4n) is 5.74. The number of rotatable bonds is 5. The molecule has 0 fully saturated rings. The molecule has 8 nitrogen and oxygen atoms in total. The Balaban J connectivity index is 0.000000193. The third-order valence-electron chi connectivity index (χ3n) is 8.56. The van der Waals surface area contributed by atoms with Gasteiger partial charge in [-0.05, 0) is 95.1 Å². The van der Waals surface area contributed by atoms with Crippen LogP contribution in [0.3, 0.4) is 0 Å². The first kappa shape index (κ1) is 37.5. The Labute approximate surface area is 297 Å². The first-order chi connectivity index (χ1) is 25.0. The van der Waals surface area contributed by atoms with Gasteiger partial charge in [0.1, 0.15) is 29.7 Å². The lowest BCUT2D eigenvalue weighted by atomic mass is 9.87. The van der Waals surface area contributed by atoms with Gasteiger partial charge in [-0.3, -0.25) is 0 Å². The smallest absolute Gasteiger partial charge is 0.338 e. The number of carbonyl (C=O) groups excluding carboxylic acids is 2. The van der Waals surface area contributed by atoms with Gasteiger partial charge in [0.15, 0.2) is 0 Å². The summed E-state index contributed by atoms with van der Waals surface area (Å²) in [6, 6.07) is 30.3. The number of aliphatic hydroxyl groups is 2. The molecule has 0 saturated heterocycles. The van der Waals surface area contributed by atoms with Crippen molar-refractivity contribution in [2.75, 3.05) is 0 Å². The maximum absolute atomic E-state index is 13.1. The highest BCUT2D eigenvalue weighted by Crippen LogP contribution is 2.27. The summed E-state index contributed by atoms with van der Waals surface area (Å²) in [7, 11) is 0. The predicted octanol–water partition coefficient (Wildman–Crippen LogP) is 6.55. The number of aliphatic hydroxyl groups excluding tert-OH is 2. The molecule has 2 aliphatic carbocycles. The molecule has 0 radical (unpaired) electrons. The van der Waals surface area contributed by atoms with Crippen LogP contribution in [0.1, 0.15) is 53.3 Å². The number of fused-ring (bicyclic) bond motifs is 2. The summed E-state index contributed by atoms with van der Waals surface area (Å²) in [6.07, 6.45) is -0.660. The van der Waals surface area contributed by atoms with E-state index < -0.39 is 59.8 Å². The van der Waals surface area contributed by atoms with Crippen molar-refractivity contribution in [2.24, 2.45) is 0 Å². The molecule has 5 aromatic rings. The van der Waals surface area contributed by atoms with Gasteiger partial charge in [0.2, 0.25) is 0 Å². The second-order valence-corrected chi connectivity index (χ2v) is 12.2. The van der Waals surface area contributed by atoms with Crippen LogP contribution < -0.4 is 0 Å². The zero-order chi connectivity index (χ0) is 37.2. The Morgan fingerprint density at radius 3 is 1.06 bits per heavy atom. The maximum Gasteiger partial charge on any atom is 0.338 e. The van der Waals surface area contributed by atoms with Crippen LogP contribution in [-0.4, -0.2) is 57.6 Å². The van der Waals surface area contributed by atoms with Gasteiger partial charge in [-0.2, -0.15) is 0 Å². The number of esters is 2. The van der Waals surface area contributed by atoms with Gasteiger partial charge in [-0.25, -0.2) is 27.6 Å². The monoisotopic (exact) mass is 712 g/mol. The summed E-state index contributed by atoms with van der Waals surface area (Å²) >= 11 is 0. The third-order valence-corrected chi connectivity index (χ3v) is 8.56. The van der Waals surface area contributed by atoms with Crippen molar-refractivity contribution in [1.82, 2.24) is 0 Å². The number of aromatic carboxylic acids is 1. The number of benzene rings is 5. The summed E-state index contributed by atoms with van der Waals surface area (Å²) in [6.45, 7) is 0. The number of halogens is 3. The molecule has 3 N–H and O–H groups in total. The minimum absolute atomic E-state index is 0.0985. The van der Waals surface area contributed by atoms with Gasteiger partial charge >= 0.3 is 17.9 Å². The number of hydrogen-bond donors (Lipinski definition) is 3. The first-order valence-corrected chi connectivity index (χ1v) is 16.4. The maximum atomic E-state index is 13.1. The van der Waals surface area contributed by atoms with Crippen LogP contribution in [0.25, 0.3) is 0 Å². The molecule has 11 heteroatoms. The lowest BCUT2D eigenvalue weighted by molar-refractivity contribution is -0.0389. The molecule has 0 unspecified atom stereocenters. The van der Waals surface area contributed by atoms with Crippen molar-refractivity contribution in [3.63, 3.8) is 0 Å². The highest BCUT2D eigenvalue weighted by Gasteiger charge is 2.35. The molecule has 0 spiro atoms. The van der Waals surface area contributed by atoms with Crippen LogP contribution in [0.2, 0.25) is 0 Å². The van der Waals surface area contributed by atoms with Gasteiger partial charge < -0.3 is 24.8 Å². The summed E-state index contributed by atoms with van der Waals surface area (Å²) < 4.78 is 49.7. The SMILES string of the molecule is O=C(O)c1ccc(F)cc1.O=C(O[C@H]1Cc2ccccc2C[C@H]1OC(=O)c1ccc(F)cc1)c1ccc(F)cc1.O[C@@H]1Cc2ccccc2C[C@@H]1O. The van der Waals surface area contributed by atoms with E-state index in [1.54, 1.807) is 0 Å². The van der Waals surface area contributed by atoms with Gasteiger partial charge in [0.05, 0.1) is 28.9 Å². The molecular formula is C41H35F3O8. The summed E-state index contributed by atoms with van der Waals surface area (Å²) in [4.78, 5) is 35.3. The molecule has 0 aliphatic heterocycles. The van der Waals surface area contributed by atoms with Crippen LogP contribution in [0.5, 0.6) is 0 Å². The quantitative estimate of drug-likeness (QED) is 0.175. The van der Waals surface area contributed by atoms with E-state index in [9.17, 15) is 37.8 Å². The second kappa shape index (κ2) is 17.4. The summed E-state index contributed by atoms with van der Waals surface area (Å²) in [5.41, 5.74) is 4.84. The molecule has 4 atom stereocenters.